The first-order valence-corrected chi connectivity index (χ1v) is 11.9. The van der Waals surface area contributed by atoms with Crippen LogP contribution in [0, 0.1) is 5.92 Å². The molecule has 15 unspecified atom stereocenters. The number of hydrogen-bond donors (Lipinski definition) is 10. The molecule has 0 radical (unpaired) electrons. The van der Waals surface area contributed by atoms with Crippen LogP contribution in [0.15, 0.2) is 0 Å². The van der Waals surface area contributed by atoms with Crippen molar-refractivity contribution in [3.8, 4) is 0 Å². The summed E-state index contributed by atoms with van der Waals surface area (Å²) in [5, 5.41) is 101. The maximum absolute atomic E-state index is 10.7. The molecule has 3 fully saturated rings. The van der Waals surface area contributed by atoms with E-state index in [1.165, 1.54) is 6.92 Å². The van der Waals surface area contributed by atoms with Crippen molar-refractivity contribution in [3.63, 3.8) is 0 Å². The van der Waals surface area contributed by atoms with Crippen LogP contribution in [-0.2, 0) is 23.7 Å². The van der Waals surface area contributed by atoms with E-state index in [4.69, 9.17) is 28.8 Å². The zero-order chi connectivity index (χ0) is 26.7. The van der Waals surface area contributed by atoms with Gasteiger partial charge in [0, 0.05) is 6.61 Å². The molecule has 0 saturated carbocycles. The Morgan fingerprint density at radius 2 is 1.25 bits per heavy atom. The Hall–Kier alpha value is -0.600. The number of hydrogen-bond acceptors (Lipinski definition) is 15. The van der Waals surface area contributed by atoms with Gasteiger partial charge in [-0.15, -0.1) is 0 Å². The normalized spacial score (nSPS) is 50.2. The molecular formula is C21H38O15. The van der Waals surface area contributed by atoms with E-state index in [9.17, 15) is 46.0 Å². The minimum atomic E-state index is -1.64. The fraction of sp³-hybridized carbons (Fsp3) is 1.00. The van der Waals surface area contributed by atoms with Crippen LogP contribution in [0.4, 0.5) is 0 Å². The molecule has 0 aromatic carbocycles. The molecule has 3 aliphatic heterocycles. The van der Waals surface area contributed by atoms with Gasteiger partial charge in [0.05, 0.1) is 44.1 Å². The Bertz CT molecular complexity index is 669. The van der Waals surface area contributed by atoms with Crippen molar-refractivity contribution in [1.82, 2.24) is 0 Å². The molecule has 36 heavy (non-hydrogen) atoms. The first-order valence-electron chi connectivity index (χ1n) is 11.9. The van der Waals surface area contributed by atoms with Crippen molar-refractivity contribution in [2.45, 2.75) is 99.2 Å². The molecule has 3 saturated heterocycles. The Labute approximate surface area is 207 Å². The van der Waals surface area contributed by atoms with Crippen LogP contribution in [0.3, 0.4) is 0 Å². The van der Waals surface area contributed by atoms with E-state index in [0.717, 1.165) is 0 Å². The largest absolute Gasteiger partial charge is 0.396 e. The van der Waals surface area contributed by atoms with E-state index in [0.29, 0.717) is 0 Å². The zero-order valence-electron chi connectivity index (χ0n) is 19.7. The van der Waals surface area contributed by atoms with Gasteiger partial charge in [0.25, 0.3) is 0 Å². The summed E-state index contributed by atoms with van der Waals surface area (Å²) in [6.07, 6.45) is -19.5. The summed E-state index contributed by atoms with van der Waals surface area (Å²) in [4.78, 5) is 0. The van der Waals surface area contributed by atoms with Crippen LogP contribution in [0.1, 0.15) is 13.3 Å². The van der Waals surface area contributed by atoms with Crippen molar-refractivity contribution in [3.05, 3.63) is 0 Å². The van der Waals surface area contributed by atoms with Gasteiger partial charge in [0.1, 0.15) is 54.9 Å². The molecule has 15 nitrogen and oxygen atoms in total. The van der Waals surface area contributed by atoms with Gasteiger partial charge in [-0.2, -0.15) is 0 Å². The molecule has 0 amide bonds. The molecule has 0 spiro atoms. The summed E-state index contributed by atoms with van der Waals surface area (Å²) in [5.74, 6) is -1.21. The Morgan fingerprint density at radius 1 is 0.611 bits per heavy atom. The fourth-order valence-corrected chi connectivity index (χ4v) is 4.66. The second-order valence-electron chi connectivity index (χ2n) is 9.37. The molecule has 0 aromatic heterocycles. The number of aliphatic hydroxyl groups excluding tert-OH is 10. The van der Waals surface area contributed by atoms with Gasteiger partial charge < -0.3 is 74.7 Å². The number of aliphatic hydroxyl groups is 10. The van der Waals surface area contributed by atoms with Gasteiger partial charge in [-0.1, -0.05) is 0 Å². The van der Waals surface area contributed by atoms with E-state index in [1.54, 1.807) is 0 Å². The lowest BCUT2D eigenvalue weighted by atomic mass is 9.90. The van der Waals surface area contributed by atoms with Crippen molar-refractivity contribution in [1.29, 1.82) is 0 Å². The first kappa shape index (κ1) is 29.9. The second kappa shape index (κ2) is 13.0. The number of ether oxygens (including phenoxy) is 5. The quantitative estimate of drug-likeness (QED) is 0.133. The van der Waals surface area contributed by atoms with Crippen LogP contribution in [0.5, 0.6) is 0 Å². The van der Waals surface area contributed by atoms with Crippen LogP contribution >= 0.6 is 0 Å². The van der Waals surface area contributed by atoms with Gasteiger partial charge in [-0.05, 0) is 13.3 Å². The fourth-order valence-electron chi connectivity index (χ4n) is 4.66. The highest BCUT2D eigenvalue weighted by Crippen LogP contribution is 2.33. The average molecular weight is 531 g/mol. The summed E-state index contributed by atoms with van der Waals surface area (Å²) >= 11 is 0. The summed E-state index contributed by atoms with van der Waals surface area (Å²) < 4.78 is 27.8. The Morgan fingerprint density at radius 3 is 1.86 bits per heavy atom. The predicted octanol–water partition coefficient (Wildman–Crippen LogP) is -5.87. The van der Waals surface area contributed by atoms with Crippen LogP contribution < -0.4 is 0 Å². The minimum Gasteiger partial charge on any atom is -0.396 e. The standard InChI is InChI=1S/C21H38O15/c1-7-12(25)16(29)18(31)21(33-7)32-6-8-13(26)15(28)10(4-23)35-20(8)36-19-11(5-24)34-9(2-3-22)14(27)17(19)30/h7-31H,2-6H2,1H3. The maximum atomic E-state index is 10.7. The summed E-state index contributed by atoms with van der Waals surface area (Å²) in [7, 11) is 0. The maximum Gasteiger partial charge on any atom is 0.186 e. The average Bonchev–Trinajstić information content (AvgIpc) is 2.86. The lowest BCUT2D eigenvalue weighted by Crippen LogP contribution is -2.64. The van der Waals surface area contributed by atoms with Crippen molar-refractivity contribution >= 4 is 0 Å². The molecule has 15 atom stereocenters. The third-order valence-corrected chi connectivity index (χ3v) is 6.94. The van der Waals surface area contributed by atoms with Gasteiger partial charge >= 0.3 is 0 Å². The molecular weight excluding hydrogens is 492 g/mol. The highest BCUT2D eigenvalue weighted by atomic mass is 16.7. The molecule has 3 heterocycles. The van der Waals surface area contributed by atoms with Gasteiger partial charge in [-0.3, -0.25) is 0 Å². The monoisotopic (exact) mass is 530 g/mol. The summed E-state index contributed by atoms with van der Waals surface area (Å²) in [5.41, 5.74) is 0. The SMILES string of the molecule is CC1OC(OCC2C(OC3C(CO)OC(CCO)C(O)C3O)OC(CO)C(O)C2O)C(O)C(O)C1O. The molecule has 212 valence electrons. The van der Waals surface area contributed by atoms with E-state index in [-0.39, 0.29) is 13.0 Å². The summed E-state index contributed by atoms with van der Waals surface area (Å²) in [6.45, 7) is -0.720. The Balaban J connectivity index is 1.76. The molecule has 3 aliphatic rings. The topological polar surface area (TPSA) is 248 Å². The summed E-state index contributed by atoms with van der Waals surface area (Å²) in [6, 6.07) is 0. The van der Waals surface area contributed by atoms with E-state index >= 15 is 0 Å². The van der Waals surface area contributed by atoms with E-state index in [1.807, 2.05) is 0 Å². The van der Waals surface area contributed by atoms with Crippen LogP contribution in [0.25, 0.3) is 0 Å². The van der Waals surface area contributed by atoms with Crippen molar-refractivity contribution in [2.75, 3.05) is 26.4 Å². The highest BCUT2D eigenvalue weighted by molar-refractivity contribution is 4.96. The minimum absolute atomic E-state index is 0.0159. The molecule has 15 heteroatoms. The molecule has 0 bridgehead atoms. The van der Waals surface area contributed by atoms with Gasteiger partial charge in [0.15, 0.2) is 12.6 Å². The molecule has 0 aromatic rings. The third kappa shape index (κ3) is 6.17. The third-order valence-electron chi connectivity index (χ3n) is 6.94. The van der Waals surface area contributed by atoms with E-state index in [2.05, 4.69) is 0 Å². The molecule has 0 aliphatic carbocycles. The predicted molar refractivity (Wildman–Crippen MR) is 114 cm³/mol. The Kier molecular flexibility index (Phi) is 10.8. The first-order chi connectivity index (χ1) is 17.0. The zero-order valence-corrected chi connectivity index (χ0v) is 19.7. The van der Waals surface area contributed by atoms with Gasteiger partial charge in [-0.25, -0.2) is 0 Å². The van der Waals surface area contributed by atoms with Crippen molar-refractivity contribution < 1.29 is 74.7 Å². The smallest absolute Gasteiger partial charge is 0.186 e. The second-order valence-corrected chi connectivity index (χ2v) is 9.37. The van der Waals surface area contributed by atoms with Gasteiger partial charge in [0.2, 0.25) is 0 Å². The van der Waals surface area contributed by atoms with Crippen molar-refractivity contribution in [2.24, 2.45) is 5.92 Å². The molecule has 3 rings (SSSR count). The number of rotatable bonds is 9. The highest BCUT2D eigenvalue weighted by Gasteiger charge is 2.51. The lowest BCUT2D eigenvalue weighted by Gasteiger charge is -2.47. The van der Waals surface area contributed by atoms with Crippen LogP contribution in [-0.4, -0.2) is 163 Å². The molecule has 10 N–H and O–H groups in total. The van der Waals surface area contributed by atoms with Crippen LogP contribution in [0.2, 0.25) is 0 Å². The van der Waals surface area contributed by atoms with E-state index < -0.39 is 112 Å². The lowest BCUT2D eigenvalue weighted by molar-refractivity contribution is -0.347.